The summed E-state index contributed by atoms with van der Waals surface area (Å²) in [6.45, 7) is 7.50. The summed E-state index contributed by atoms with van der Waals surface area (Å²) < 4.78 is 0. The summed E-state index contributed by atoms with van der Waals surface area (Å²) in [5, 5.41) is 1.17. The first-order valence-corrected chi connectivity index (χ1v) is 1.26. The van der Waals surface area contributed by atoms with Gasteiger partial charge in [-0.15, -0.1) is 0 Å². The summed E-state index contributed by atoms with van der Waals surface area (Å²) >= 11 is 0. The standard InChI is InChI=1S/C2H2B2/c1-2-3-4-2/h1H2. The third-order valence-corrected chi connectivity index (χ3v) is 0.402. The van der Waals surface area contributed by atoms with Crippen LogP contribution in [0.4, 0.5) is 0 Å². The Kier molecular flexibility index (Phi) is 0.225. The minimum absolute atomic E-state index is 1.17. The molecule has 16 valence electrons. The molecule has 1 aliphatic rings. The maximum absolute atomic E-state index is 3.56. The van der Waals surface area contributed by atoms with Gasteiger partial charge in [-0.3, -0.25) is 0 Å². The van der Waals surface area contributed by atoms with Crippen LogP contribution in [-0.4, -0.2) is 13.6 Å². The second-order valence-electron chi connectivity index (χ2n) is 0.908. The Morgan fingerprint density at radius 3 is 1.75 bits per heavy atom. The van der Waals surface area contributed by atoms with E-state index in [1.54, 1.807) is 0 Å². The maximum atomic E-state index is 3.56. The van der Waals surface area contributed by atoms with E-state index in [-0.39, 0.29) is 0 Å². The minimum atomic E-state index is 1.17. The number of hydrogen-bond donors (Lipinski definition) is 0. The Balaban J connectivity index is 2.80. The Morgan fingerprint density at radius 1 is 1.50 bits per heavy atom. The van der Waals surface area contributed by atoms with Gasteiger partial charge in [-0.25, -0.2) is 0 Å². The van der Waals surface area contributed by atoms with Gasteiger partial charge in [0.2, 0.25) is 0 Å². The molecule has 0 aromatic rings. The molecule has 1 rings (SSSR count). The molecule has 1 heterocycles. The predicted octanol–water partition coefficient (Wildman–Crippen LogP) is -0.205. The van der Waals surface area contributed by atoms with Crippen LogP contribution in [0.5, 0.6) is 0 Å². The van der Waals surface area contributed by atoms with Gasteiger partial charge in [-0.1, -0.05) is 0 Å². The number of hydrogen-bond acceptors (Lipinski definition) is 0. The molecule has 0 saturated heterocycles. The SMILES string of the molecule is C=C1B=B1. The van der Waals surface area contributed by atoms with Gasteiger partial charge in [0.15, 0.2) is 0 Å². The van der Waals surface area contributed by atoms with Crippen molar-refractivity contribution in [1.29, 1.82) is 0 Å². The van der Waals surface area contributed by atoms with E-state index in [0.717, 1.165) is 0 Å². The van der Waals surface area contributed by atoms with Crippen LogP contribution in [0, 0.1) is 0 Å². The van der Waals surface area contributed by atoms with E-state index in [1.807, 2.05) is 13.6 Å². The van der Waals surface area contributed by atoms with Crippen LogP contribution in [0.1, 0.15) is 0 Å². The van der Waals surface area contributed by atoms with Crippen LogP contribution in [0.25, 0.3) is 0 Å². The average Bonchev–Trinajstić information content (AvgIpc) is 1.75. The van der Waals surface area contributed by atoms with Crippen molar-refractivity contribution in [3.63, 3.8) is 0 Å². The van der Waals surface area contributed by atoms with Crippen molar-refractivity contribution < 1.29 is 0 Å². The van der Waals surface area contributed by atoms with Gasteiger partial charge in [0.25, 0.3) is 0 Å². The van der Waals surface area contributed by atoms with E-state index in [1.165, 1.54) is 5.37 Å². The molecule has 0 amide bonds. The zero-order valence-corrected chi connectivity index (χ0v) is 2.36. The van der Waals surface area contributed by atoms with Crippen molar-refractivity contribution in [3.8, 4) is 0 Å². The molecule has 0 N–H and O–H groups in total. The van der Waals surface area contributed by atoms with E-state index in [9.17, 15) is 0 Å². The van der Waals surface area contributed by atoms with Crippen molar-refractivity contribution in [2.24, 2.45) is 0 Å². The topological polar surface area (TPSA) is 0 Å². The van der Waals surface area contributed by atoms with Crippen LogP contribution in [0.15, 0.2) is 12.0 Å². The first kappa shape index (κ1) is 2.13. The molecule has 0 fully saturated rings. The van der Waals surface area contributed by atoms with E-state index in [2.05, 4.69) is 6.58 Å². The molecule has 0 saturated carbocycles. The van der Waals surface area contributed by atoms with Crippen LogP contribution in [0.3, 0.4) is 0 Å². The monoisotopic (exact) mass is 48.0 g/mol. The molecule has 1 aliphatic heterocycles. The summed E-state index contributed by atoms with van der Waals surface area (Å²) in [5.74, 6) is 0. The van der Waals surface area contributed by atoms with E-state index < -0.39 is 0 Å². The van der Waals surface area contributed by atoms with Gasteiger partial charge < -0.3 is 0 Å². The van der Waals surface area contributed by atoms with E-state index in [0.29, 0.717) is 0 Å². The van der Waals surface area contributed by atoms with Crippen LogP contribution < -0.4 is 0 Å². The van der Waals surface area contributed by atoms with E-state index >= 15 is 0 Å². The van der Waals surface area contributed by atoms with Crippen molar-refractivity contribution in [3.05, 3.63) is 12.0 Å². The Bertz CT molecular complexity index is 64.1. The first-order valence-electron chi connectivity index (χ1n) is 1.26. The molecule has 0 nitrogen and oxygen atoms in total. The fraction of sp³-hybridized carbons (Fsp3) is 0. The van der Waals surface area contributed by atoms with Gasteiger partial charge in [-0.2, -0.15) is 0 Å². The molecular formula is C2H2B2. The summed E-state index contributed by atoms with van der Waals surface area (Å²) in [7, 11) is 0. The first-order chi connectivity index (χ1) is 1.89. The Morgan fingerprint density at radius 2 is 1.75 bits per heavy atom. The van der Waals surface area contributed by atoms with Crippen LogP contribution in [-0.2, 0) is 0 Å². The summed E-state index contributed by atoms with van der Waals surface area (Å²) in [4.78, 5) is 0. The molecule has 0 aromatic carbocycles. The van der Waals surface area contributed by atoms with Crippen molar-refractivity contribution in [2.75, 3.05) is 0 Å². The van der Waals surface area contributed by atoms with Gasteiger partial charge >= 0.3 is 25.6 Å². The van der Waals surface area contributed by atoms with Crippen molar-refractivity contribution >= 4 is 13.6 Å². The molecule has 0 aromatic heterocycles. The zero-order chi connectivity index (χ0) is 2.99. The van der Waals surface area contributed by atoms with Gasteiger partial charge in [0.1, 0.15) is 0 Å². The average molecular weight is 47.7 g/mol. The second-order valence-corrected chi connectivity index (χ2v) is 0.908. The second kappa shape index (κ2) is 0.423. The van der Waals surface area contributed by atoms with Crippen molar-refractivity contribution in [1.82, 2.24) is 0 Å². The zero-order valence-electron chi connectivity index (χ0n) is 2.36. The molecular weight excluding hydrogens is 45.6 g/mol. The van der Waals surface area contributed by atoms with Gasteiger partial charge in [0, 0.05) is 0 Å². The fourth-order valence-corrected chi connectivity index (χ4v) is 0.0589. The Labute approximate surface area is 26.6 Å². The Hall–Kier alpha value is -0.130. The van der Waals surface area contributed by atoms with E-state index in [4.69, 9.17) is 0 Å². The molecule has 0 atom stereocenters. The molecule has 4 heavy (non-hydrogen) atoms. The third-order valence-electron chi connectivity index (χ3n) is 0.402. The van der Waals surface area contributed by atoms with Gasteiger partial charge in [-0.05, 0) is 0 Å². The van der Waals surface area contributed by atoms with Crippen LogP contribution in [0.2, 0.25) is 0 Å². The van der Waals surface area contributed by atoms with Gasteiger partial charge in [0.05, 0.1) is 0 Å². The van der Waals surface area contributed by atoms with Crippen LogP contribution >= 0.6 is 0 Å². The molecule has 0 aliphatic carbocycles. The molecule has 2 heteroatoms. The van der Waals surface area contributed by atoms with Crippen molar-refractivity contribution in [2.45, 2.75) is 0 Å². The normalized spacial score (nSPS) is 13.5. The summed E-state index contributed by atoms with van der Waals surface area (Å²) in [5.41, 5.74) is 0. The third kappa shape index (κ3) is 0.172. The number of rotatable bonds is 0. The molecule has 0 bridgehead atoms. The molecule has 0 unspecified atom stereocenters. The fourth-order valence-electron chi connectivity index (χ4n) is 0.0589. The summed E-state index contributed by atoms with van der Waals surface area (Å²) in [6.07, 6.45) is 0. The quantitative estimate of drug-likeness (QED) is 0.332. The summed E-state index contributed by atoms with van der Waals surface area (Å²) in [6, 6.07) is 0. The molecule has 0 spiro atoms. The molecule has 0 radical (unpaired) electrons. The predicted molar refractivity (Wildman–Crippen MR) is 20.6 cm³/mol.